The molecule has 2 rings (SSSR count). The highest BCUT2D eigenvalue weighted by molar-refractivity contribution is 5.76. The standard InChI is InChI=1S/C14H24N2O/c17-14(16-13-8-2-1-3-9-13)10-11-15-12-6-4-5-7-12/h4-5,12-13,15H,1-3,6-11H2,(H,16,17). The van der Waals surface area contributed by atoms with E-state index in [1.54, 1.807) is 0 Å². The van der Waals surface area contributed by atoms with Gasteiger partial charge in [-0.05, 0) is 25.7 Å². The SMILES string of the molecule is O=C(CCNC1CC=CC1)NC1CCCCC1. The lowest BCUT2D eigenvalue weighted by molar-refractivity contribution is -0.121. The molecule has 0 saturated heterocycles. The second kappa shape index (κ2) is 6.80. The maximum Gasteiger partial charge on any atom is 0.221 e. The lowest BCUT2D eigenvalue weighted by Crippen LogP contribution is -2.38. The minimum absolute atomic E-state index is 0.218. The molecule has 2 aliphatic rings. The Morgan fingerprint density at radius 3 is 2.47 bits per heavy atom. The first-order chi connectivity index (χ1) is 8.34. The normalized spacial score (nSPS) is 21.9. The fraction of sp³-hybridized carbons (Fsp3) is 0.786. The molecule has 0 radical (unpaired) electrons. The first-order valence-corrected chi connectivity index (χ1v) is 7.02. The Morgan fingerprint density at radius 1 is 1.06 bits per heavy atom. The van der Waals surface area contributed by atoms with Crippen molar-refractivity contribution in [2.75, 3.05) is 6.54 Å². The van der Waals surface area contributed by atoms with Gasteiger partial charge in [0.2, 0.25) is 5.91 Å². The molecule has 1 amide bonds. The van der Waals surface area contributed by atoms with Crippen molar-refractivity contribution in [3.8, 4) is 0 Å². The van der Waals surface area contributed by atoms with Crippen LogP contribution >= 0.6 is 0 Å². The maximum atomic E-state index is 11.7. The molecule has 1 saturated carbocycles. The Kier molecular flexibility index (Phi) is 5.05. The van der Waals surface area contributed by atoms with Crippen LogP contribution < -0.4 is 10.6 Å². The third kappa shape index (κ3) is 4.50. The largest absolute Gasteiger partial charge is 0.353 e. The Bertz CT molecular complexity index is 261. The van der Waals surface area contributed by atoms with Crippen molar-refractivity contribution in [1.29, 1.82) is 0 Å². The van der Waals surface area contributed by atoms with Gasteiger partial charge in [-0.2, -0.15) is 0 Å². The van der Waals surface area contributed by atoms with Crippen LogP contribution in [0.15, 0.2) is 12.2 Å². The number of rotatable bonds is 5. The van der Waals surface area contributed by atoms with Crippen molar-refractivity contribution in [2.45, 2.75) is 63.5 Å². The third-order valence-corrected chi connectivity index (χ3v) is 3.76. The number of carbonyl (C=O) groups is 1. The van der Waals surface area contributed by atoms with Crippen LogP contribution in [-0.2, 0) is 4.79 Å². The highest BCUT2D eigenvalue weighted by Gasteiger charge is 2.15. The molecule has 0 bridgehead atoms. The fourth-order valence-electron chi connectivity index (χ4n) is 2.72. The Hall–Kier alpha value is -0.830. The Balaban J connectivity index is 1.53. The monoisotopic (exact) mass is 236 g/mol. The molecular formula is C14H24N2O. The summed E-state index contributed by atoms with van der Waals surface area (Å²) in [7, 11) is 0. The van der Waals surface area contributed by atoms with E-state index in [-0.39, 0.29) is 5.91 Å². The van der Waals surface area contributed by atoms with Gasteiger partial charge >= 0.3 is 0 Å². The smallest absolute Gasteiger partial charge is 0.221 e. The van der Waals surface area contributed by atoms with Gasteiger partial charge in [0.25, 0.3) is 0 Å². The average Bonchev–Trinajstić information content (AvgIpc) is 2.83. The third-order valence-electron chi connectivity index (χ3n) is 3.76. The zero-order chi connectivity index (χ0) is 11.9. The van der Waals surface area contributed by atoms with Crippen molar-refractivity contribution in [1.82, 2.24) is 10.6 Å². The van der Waals surface area contributed by atoms with Crippen LogP contribution in [0.5, 0.6) is 0 Å². The molecule has 0 aliphatic heterocycles. The molecule has 3 heteroatoms. The predicted molar refractivity (Wildman–Crippen MR) is 69.8 cm³/mol. The van der Waals surface area contributed by atoms with E-state index in [1.807, 2.05) is 0 Å². The lowest BCUT2D eigenvalue weighted by Gasteiger charge is -2.23. The van der Waals surface area contributed by atoms with Crippen LogP contribution in [-0.4, -0.2) is 24.5 Å². The van der Waals surface area contributed by atoms with Crippen molar-refractivity contribution in [3.63, 3.8) is 0 Å². The quantitative estimate of drug-likeness (QED) is 0.718. The van der Waals surface area contributed by atoms with Crippen molar-refractivity contribution in [2.24, 2.45) is 0 Å². The van der Waals surface area contributed by atoms with Gasteiger partial charge in [-0.1, -0.05) is 31.4 Å². The number of hydrogen-bond acceptors (Lipinski definition) is 2. The van der Waals surface area contributed by atoms with E-state index < -0.39 is 0 Å². The highest BCUT2D eigenvalue weighted by Crippen LogP contribution is 2.17. The van der Waals surface area contributed by atoms with E-state index in [0.29, 0.717) is 18.5 Å². The second-order valence-electron chi connectivity index (χ2n) is 5.25. The van der Waals surface area contributed by atoms with Crippen LogP contribution in [0, 0.1) is 0 Å². The van der Waals surface area contributed by atoms with Gasteiger partial charge in [-0.25, -0.2) is 0 Å². The van der Waals surface area contributed by atoms with Crippen LogP contribution in [0.25, 0.3) is 0 Å². The molecule has 96 valence electrons. The number of amides is 1. The molecule has 0 atom stereocenters. The lowest BCUT2D eigenvalue weighted by atomic mass is 9.95. The zero-order valence-electron chi connectivity index (χ0n) is 10.6. The molecule has 0 heterocycles. The summed E-state index contributed by atoms with van der Waals surface area (Å²) in [6.45, 7) is 0.810. The van der Waals surface area contributed by atoms with E-state index in [4.69, 9.17) is 0 Å². The molecular weight excluding hydrogens is 212 g/mol. The minimum atomic E-state index is 0.218. The van der Waals surface area contributed by atoms with Gasteiger partial charge in [0.1, 0.15) is 0 Å². The first kappa shape index (κ1) is 12.6. The summed E-state index contributed by atoms with van der Waals surface area (Å²) in [4.78, 5) is 11.7. The minimum Gasteiger partial charge on any atom is -0.353 e. The van der Waals surface area contributed by atoms with Crippen molar-refractivity contribution >= 4 is 5.91 Å². The number of hydrogen-bond donors (Lipinski definition) is 2. The summed E-state index contributed by atoms with van der Waals surface area (Å²) in [6, 6.07) is 1.02. The van der Waals surface area contributed by atoms with Gasteiger partial charge in [0.15, 0.2) is 0 Å². The van der Waals surface area contributed by atoms with E-state index in [0.717, 1.165) is 19.4 Å². The highest BCUT2D eigenvalue weighted by atomic mass is 16.1. The molecule has 2 N–H and O–H groups in total. The molecule has 0 aromatic rings. The number of carbonyl (C=O) groups excluding carboxylic acids is 1. The first-order valence-electron chi connectivity index (χ1n) is 7.02. The molecule has 17 heavy (non-hydrogen) atoms. The molecule has 3 nitrogen and oxygen atoms in total. The molecule has 2 aliphatic carbocycles. The van der Waals surface area contributed by atoms with Gasteiger partial charge in [-0.3, -0.25) is 4.79 Å². The van der Waals surface area contributed by atoms with Gasteiger partial charge in [-0.15, -0.1) is 0 Å². The second-order valence-corrected chi connectivity index (χ2v) is 5.25. The summed E-state index contributed by atoms with van der Waals surface area (Å²) >= 11 is 0. The Morgan fingerprint density at radius 2 is 1.76 bits per heavy atom. The van der Waals surface area contributed by atoms with Crippen molar-refractivity contribution < 1.29 is 4.79 Å². The van der Waals surface area contributed by atoms with Gasteiger partial charge < -0.3 is 10.6 Å². The summed E-state index contributed by atoms with van der Waals surface area (Å²) in [5.74, 6) is 0.218. The maximum absolute atomic E-state index is 11.7. The van der Waals surface area contributed by atoms with Crippen molar-refractivity contribution in [3.05, 3.63) is 12.2 Å². The summed E-state index contributed by atoms with van der Waals surface area (Å²) < 4.78 is 0. The van der Waals surface area contributed by atoms with E-state index in [1.165, 1.54) is 32.1 Å². The Labute approximate surface area is 104 Å². The van der Waals surface area contributed by atoms with Crippen LogP contribution in [0.1, 0.15) is 51.4 Å². The van der Waals surface area contributed by atoms with E-state index in [2.05, 4.69) is 22.8 Å². The summed E-state index contributed by atoms with van der Waals surface area (Å²) in [5, 5.41) is 6.58. The number of nitrogens with one attached hydrogen (secondary N) is 2. The molecule has 0 aromatic heterocycles. The summed E-state index contributed by atoms with van der Waals surface area (Å²) in [6.07, 6.45) is 13.5. The molecule has 0 unspecified atom stereocenters. The summed E-state index contributed by atoms with van der Waals surface area (Å²) in [5.41, 5.74) is 0. The molecule has 1 fully saturated rings. The van der Waals surface area contributed by atoms with Crippen LogP contribution in [0.2, 0.25) is 0 Å². The van der Waals surface area contributed by atoms with Crippen LogP contribution in [0.3, 0.4) is 0 Å². The topological polar surface area (TPSA) is 41.1 Å². The zero-order valence-corrected chi connectivity index (χ0v) is 10.6. The fourth-order valence-corrected chi connectivity index (χ4v) is 2.72. The van der Waals surface area contributed by atoms with E-state index >= 15 is 0 Å². The van der Waals surface area contributed by atoms with Gasteiger partial charge in [0.05, 0.1) is 0 Å². The van der Waals surface area contributed by atoms with E-state index in [9.17, 15) is 4.79 Å². The predicted octanol–water partition coefficient (Wildman–Crippen LogP) is 2.13. The van der Waals surface area contributed by atoms with Crippen LogP contribution in [0.4, 0.5) is 0 Å². The molecule has 0 spiro atoms. The molecule has 0 aromatic carbocycles. The average molecular weight is 236 g/mol. The van der Waals surface area contributed by atoms with Gasteiger partial charge in [0, 0.05) is 25.0 Å².